The maximum Gasteiger partial charge on any atom is 0.0435 e. The second kappa shape index (κ2) is 12.3. The van der Waals surface area contributed by atoms with Crippen molar-refractivity contribution in [1.29, 1.82) is 0 Å². The van der Waals surface area contributed by atoms with Crippen molar-refractivity contribution in [2.45, 2.75) is 51.6 Å². The Bertz CT molecular complexity index is 748. The summed E-state index contributed by atoms with van der Waals surface area (Å²) < 4.78 is 0. The van der Waals surface area contributed by atoms with E-state index in [-0.39, 0.29) is 0 Å². The van der Waals surface area contributed by atoms with Crippen molar-refractivity contribution < 1.29 is 0 Å². The van der Waals surface area contributed by atoms with Crippen molar-refractivity contribution in [3.8, 4) is 0 Å². The summed E-state index contributed by atoms with van der Waals surface area (Å²) in [5, 5.41) is 6.30. The summed E-state index contributed by atoms with van der Waals surface area (Å²) in [6.07, 6.45) is 8.17. The molecule has 3 heterocycles. The third-order valence-corrected chi connectivity index (χ3v) is 6.79. The van der Waals surface area contributed by atoms with Crippen molar-refractivity contribution in [2.75, 3.05) is 43.6 Å². The fourth-order valence-corrected chi connectivity index (χ4v) is 5.22. The van der Waals surface area contributed by atoms with Crippen LogP contribution in [-0.2, 0) is 25.8 Å². The van der Waals surface area contributed by atoms with E-state index in [0.29, 0.717) is 6.04 Å². The number of fused-ring (bicyclic) bond motifs is 2. The SMILES string of the molecule is CC1Cc2c(cccc2N2CCSCC2)CN1.CNC.c1cnc2c(c1)CCCC2. The molecule has 2 aliphatic heterocycles. The number of aromatic nitrogens is 1. The van der Waals surface area contributed by atoms with Gasteiger partial charge in [0.2, 0.25) is 0 Å². The van der Waals surface area contributed by atoms with Gasteiger partial charge < -0.3 is 15.5 Å². The van der Waals surface area contributed by atoms with Crippen molar-refractivity contribution in [3.05, 3.63) is 58.9 Å². The molecule has 3 aliphatic rings. The van der Waals surface area contributed by atoms with Crippen LogP contribution < -0.4 is 15.5 Å². The second-order valence-corrected chi connectivity index (χ2v) is 9.54. The van der Waals surface area contributed by atoms with E-state index in [1.165, 1.54) is 79.2 Å². The molecule has 2 N–H and O–H groups in total. The Balaban J connectivity index is 0.000000167. The Morgan fingerprint density at radius 2 is 1.77 bits per heavy atom. The summed E-state index contributed by atoms with van der Waals surface area (Å²) in [7, 11) is 3.75. The Morgan fingerprint density at radius 3 is 2.53 bits per heavy atom. The van der Waals surface area contributed by atoms with E-state index in [1.54, 1.807) is 5.56 Å². The number of rotatable bonds is 1. The van der Waals surface area contributed by atoms with Crippen molar-refractivity contribution in [3.63, 3.8) is 0 Å². The van der Waals surface area contributed by atoms with Gasteiger partial charge in [-0.1, -0.05) is 18.2 Å². The zero-order valence-electron chi connectivity index (χ0n) is 18.9. The molecular formula is C25H38N4S. The molecule has 1 atom stereocenters. The van der Waals surface area contributed by atoms with Crippen LogP contribution in [0.25, 0.3) is 0 Å². The van der Waals surface area contributed by atoms with Gasteiger partial charge in [-0.05, 0) is 81.9 Å². The summed E-state index contributed by atoms with van der Waals surface area (Å²) in [6.45, 7) is 5.74. The van der Waals surface area contributed by atoms with Gasteiger partial charge in [0.25, 0.3) is 0 Å². The van der Waals surface area contributed by atoms with Gasteiger partial charge in [-0.15, -0.1) is 0 Å². The standard InChI is InChI=1S/C14H20N2S.C9H11N.C2H7N/c1-11-9-13-12(10-15-11)3-2-4-14(13)16-5-7-17-8-6-16;1-2-6-9-8(4-1)5-3-7-10-9;1-3-2/h2-4,11,15H,5-10H2,1H3;3,5,7H,1-2,4,6H2;3H,1-2H3. The van der Waals surface area contributed by atoms with Crippen LogP contribution in [0.2, 0.25) is 0 Å². The van der Waals surface area contributed by atoms with Crippen LogP contribution in [0.5, 0.6) is 0 Å². The minimum absolute atomic E-state index is 0.614. The Morgan fingerprint density at radius 1 is 1.03 bits per heavy atom. The van der Waals surface area contributed by atoms with Crippen molar-refractivity contribution >= 4 is 17.4 Å². The minimum Gasteiger partial charge on any atom is -0.370 e. The first kappa shape index (κ1) is 23.1. The molecule has 1 aromatic carbocycles. The molecule has 0 saturated carbocycles. The molecule has 30 heavy (non-hydrogen) atoms. The van der Waals surface area contributed by atoms with Gasteiger partial charge in [-0.3, -0.25) is 4.98 Å². The molecule has 4 nitrogen and oxygen atoms in total. The first-order chi connectivity index (χ1) is 14.7. The van der Waals surface area contributed by atoms with Crippen LogP contribution in [0.3, 0.4) is 0 Å². The zero-order valence-corrected chi connectivity index (χ0v) is 19.7. The molecule has 1 fully saturated rings. The van der Waals surface area contributed by atoms with E-state index in [1.807, 2.05) is 26.4 Å². The molecule has 0 amide bonds. The van der Waals surface area contributed by atoms with Gasteiger partial charge in [-0.25, -0.2) is 0 Å². The topological polar surface area (TPSA) is 40.2 Å². The van der Waals surface area contributed by atoms with Gasteiger partial charge in [-0.2, -0.15) is 11.8 Å². The number of anilines is 1. The lowest BCUT2D eigenvalue weighted by molar-refractivity contribution is 0.513. The minimum atomic E-state index is 0.614. The fraction of sp³-hybridized carbons (Fsp3) is 0.560. The first-order valence-electron chi connectivity index (χ1n) is 11.4. The Kier molecular flexibility index (Phi) is 9.50. The highest BCUT2D eigenvalue weighted by molar-refractivity contribution is 7.99. The highest BCUT2D eigenvalue weighted by Crippen LogP contribution is 2.29. The van der Waals surface area contributed by atoms with E-state index in [0.717, 1.165) is 6.54 Å². The Hall–Kier alpha value is -1.56. The predicted molar refractivity (Wildman–Crippen MR) is 132 cm³/mol. The highest BCUT2D eigenvalue weighted by Gasteiger charge is 2.21. The summed E-state index contributed by atoms with van der Waals surface area (Å²) in [6, 6.07) is 11.6. The van der Waals surface area contributed by atoms with Gasteiger partial charge in [0.15, 0.2) is 0 Å². The van der Waals surface area contributed by atoms with Gasteiger partial charge >= 0.3 is 0 Å². The van der Waals surface area contributed by atoms with Gasteiger partial charge in [0.05, 0.1) is 0 Å². The average molecular weight is 427 g/mol. The van der Waals surface area contributed by atoms with Crippen LogP contribution in [0.15, 0.2) is 36.5 Å². The number of thioether (sulfide) groups is 1. The maximum absolute atomic E-state index is 4.32. The molecule has 2 aromatic rings. The normalized spacial score (nSPS) is 20.0. The monoisotopic (exact) mass is 426 g/mol. The van der Waals surface area contributed by atoms with Crippen molar-refractivity contribution in [1.82, 2.24) is 15.6 Å². The number of hydrogen-bond acceptors (Lipinski definition) is 5. The second-order valence-electron chi connectivity index (χ2n) is 8.32. The molecule has 1 unspecified atom stereocenters. The number of nitrogens with one attached hydrogen (secondary N) is 2. The summed E-state index contributed by atoms with van der Waals surface area (Å²) >= 11 is 2.08. The number of benzene rings is 1. The van der Waals surface area contributed by atoms with E-state index in [2.05, 4.69) is 63.5 Å². The van der Waals surface area contributed by atoms with E-state index in [4.69, 9.17) is 0 Å². The van der Waals surface area contributed by atoms with Crippen molar-refractivity contribution in [2.24, 2.45) is 0 Å². The summed E-state index contributed by atoms with van der Waals surface area (Å²) in [5.41, 5.74) is 7.38. The van der Waals surface area contributed by atoms with E-state index >= 15 is 0 Å². The number of nitrogens with zero attached hydrogens (tertiary/aromatic N) is 2. The van der Waals surface area contributed by atoms with E-state index in [9.17, 15) is 0 Å². The molecule has 164 valence electrons. The quantitative estimate of drug-likeness (QED) is 0.719. The first-order valence-corrected chi connectivity index (χ1v) is 12.6. The molecule has 1 aliphatic carbocycles. The van der Waals surface area contributed by atoms with Crippen LogP contribution in [0.1, 0.15) is 42.1 Å². The molecule has 0 radical (unpaired) electrons. The van der Waals surface area contributed by atoms with Crippen LogP contribution >= 0.6 is 11.8 Å². The maximum atomic E-state index is 4.32. The largest absolute Gasteiger partial charge is 0.370 e. The fourth-order valence-electron chi connectivity index (χ4n) is 4.32. The summed E-state index contributed by atoms with van der Waals surface area (Å²) in [4.78, 5) is 6.90. The number of aryl methyl sites for hydroxylation is 2. The van der Waals surface area contributed by atoms with Gasteiger partial charge in [0, 0.05) is 54.8 Å². The molecule has 5 rings (SSSR count). The van der Waals surface area contributed by atoms with Gasteiger partial charge in [0.1, 0.15) is 0 Å². The molecule has 0 bridgehead atoms. The zero-order chi connectivity index (χ0) is 21.2. The lowest BCUT2D eigenvalue weighted by Crippen LogP contribution is -2.37. The Labute approximate surface area is 187 Å². The predicted octanol–water partition coefficient (Wildman–Crippen LogP) is 4.07. The molecule has 0 spiro atoms. The lowest BCUT2D eigenvalue weighted by Gasteiger charge is -2.33. The third-order valence-electron chi connectivity index (χ3n) is 5.85. The number of pyridine rings is 1. The molecule has 1 aromatic heterocycles. The summed E-state index contributed by atoms with van der Waals surface area (Å²) in [5.74, 6) is 2.55. The molecule has 5 heteroatoms. The molecule has 1 saturated heterocycles. The smallest absolute Gasteiger partial charge is 0.0435 e. The lowest BCUT2D eigenvalue weighted by atomic mass is 9.94. The third kappa shape index (κ3) is 6.47. The van der Waals surface area contributed by atoms with Crippen LogP contribution in [-0.4, -0.2) is 49.7 Å². The highest BCUT2D eigenvalue weighted by atomic mass is 32.2. The molecular weight excluding hydrogens is 388 g/mol. The van der Waals surface area contributed by atoms with E-state index < -0.39 is 0 Å². The van der Waals surface area contributed by atoms with Crippen LogP contribution in [0.4, 0.5) is 5.69 Å². The number of hydrogen-bond donors (Lipinski definition) is 2. The average Bonchev–Trinajstić information content (AvgIpc) is 2.80. The van der Waals surface area contributed by atoms with Crippen LogP contribution in [0, 0.1) is 0 Å².